The maximum Gasteiger partial charge on any atom is 0.190 e. The molecule has 4 rings (SSSR count). The van der Waals surface area contributed by atoms with E-state index in [4.69, 9.17) is 0 Å². The largest absolute Gasteiger partial charge is 0.393 e. The van der Waals surface area contributed by atoms with Crippen molar-refractivity contribution in [3.8, 4) is 0 Å². The first kappa shape index (κ1) is 18.3. The molecule has 0 aromatic carbocycles. The lowest BCUT2D eigenvalue weighted by Crippen LogP contribution is -2.62. The minimum atomic E-state index is -1.54. The number of fused-ring (bicyclic) bond motifs is 5. The summed E-state index contributed by atoms with van der Waals surface area (Å²) < 4.78 is 0. The van der Waals surface area contributed by atoms with Gasteiger partial charge in [-0.15, -0.1) is 0 Å². The van der Waals surface area contributed by atoms with Gasteiger partial charge in [0.25, 0.3) is 0 Å². The molecule has 1 unspecified atom stereocenters. The number of ketones is 2. The summed E-state index contributed by atoms with van der Waals surface area (Å²) in [6, 6.07) is 0. The Morgan fingerprint density at radius 3 is 2.65 bits per heavy atom. The summed E-state index contributed by atoms with van der Waals surface area (Å²) in [5.41, 5.74) is -1.23. The molecular weight excluding hydrogens is 332 g/mol. The highest BCUT2D eigenvalue weighted by molar-refractivity contribution is 5.91. The number of hydrogen-bond acceptors (Lipinski definition) is 5. The Balaban J connectivity index is 1.74. The van der Waals surface area contributed by atoms with Crippen LogP contribution in [-0.2, 0) is 9.59 Å². The van der Waals surface area contributed by atoms with E-state index >= 15 is 0 Å². The first-order chi connectivity index (χ1) is 12.2. The second kappa shape index (κ2) is 5.73. The molecule has 4 aliphatic carbocycles. The lowest BCUT2D eigenvalue weighted by Gasteiger charge is -2.60. The smallest absolute Gasteiger partial charge is 0.190 e. The summed E-state index contributed by atoms with van der Waals surface area (Å²) in [6.07, 6.45) is 5.74. The second-order valence-electron chi connectivity index (χ2n) is 9.56. The Hall–Kier alpha value is -1.04. The summed E-state index contributed by atoms with van der Waals surface area (Å²) in [5, 5.41) is 31.7. The number of aliphatic hydroxyl groups is 3. The van der Waals surface area contributed by atoms with Gasteiger partial charge in [0.1, 0.15) is 12.2 Å². The zero-order valence-corrected chi connectivity index (χ0v) is 15.7. The molecule has 3 saturated carbocycles. The van der Waals surface area contributed by atoms with Crippen LogP contribution in [0.3, 0.4) is 0 Å². The molecule has 0 aliphatic heterocycles. The van der Waals surface area contributed by atoms with Gasteiger partial charge in [-0.05, 0) is 67.8 Å². The number of hydrogen-bond donors (Lipinski definition) is 3. The van der Waals surface area contributed by atoms with Crippen molar-refractivity contribution in [3.05, 3.63) is 11.6 Å². The van der Waals surface area contributed by atoms with E-state index in [1.165, 1.54) is 5.57 Å². The Morgan fingerprint density at radius 1 is 1.23 bits per heavy atom. The van der Waals surface area contributed by atoms with Gasteiger partial charge in [0, 0.05) is 11.8 Å². The van der Waals surface area contributed by atoms with Crippen LogP contribution in [0.4, 0.5) is 0 Å². The predicted octanol–water partition coefficient (Wildman–Crippen LogP) is 1.78. The van der Waals surface area contributed by atoms with Crippen molar-refractivity contribution in [1.29, 1.82) is 0 Å². The van der Waals surface area contributed by atoms with Crippen molar-refractivity contribution < 1.29 is 24.9 Å². The second-order valence-corrected chi connectivity index (χ2v) is 9.56. The maximum absolute atomic E-state index is 12.4. The summed E-state index contributed by atoms with van der Waals surface area (Å²) in [4.78, 5) is 24.3. The molecular formula is C21H30O5. The monoisotopic (exact) mass is 362 g/mol. The molecule has 3 N–H and O–H groups in total. The zero-order valence-electron chi connectivity index (χ0n) is 15.7. The van der Waals surface area contributed by atoms with Gasteiger partial charge >= 0.3 is 0 Å². The van der Waals surface area contributed by atoms with Crippen molar-refractivity contribution in [2.75, 3.05) is 6.61 Å². The first-order valence-electron chi connectivity index (χ1n) is 9.96. The zero-order chi connectivity index (χ0) is 18.9. The van der Waals surface area contributed by atoms with E-state index in [9.17, 15) is 24.9 Å². The van der Waals surface area contributed by atoms with E-state index in [1.54, 1.807) is 6.08 Å². The quantitative estimate of drug-likeness (QED) is 0.696. The Morgan fingerprint density at radius 2 is 1.96 bits per heavy atom. The fourth-order valence-electron chi connectivity index (χ4n) is 7.28. The van der Waals surface area contributed by atoms with E-state index in [2.05, 4.69) is 6.92 Å². The third-order valence-electron chi connectivity index (χ3n) is 8.65. The summed E-state index contributed by atoms with van der Waals surface area (Å²) in [7, 11) is 0. The highest BCUT2D eigenvalue weighted by atomic mass is 16.3. The van der Waals surface area contributed by atoms with Crippen LogP contribution in [-0.4, -0.2) is 45.2 Å². The fourth-order valence-corrected chi connectivity index (χ4v) is 7.28. The normalized spacial score (nSPS) is 50.5. The molecule has 7 atom stereocenters. The third-order valence-corrected chi connectivity index (χ3v) is 8.65. The molecule has 0 aromatic heterocycles. The van der Waals surface area contributed by atoms with Crippen molar-refractivity contribution in [2.24, 2.45) is 28.6 Å². The minimum absolute atomic E-state index is 0.0697. The first-order valence-corrected chi connectivity index (χ1v) is 9.96. The Bertz CT molecular complexity index is 684. The number of rotatable bonds is 2. The van der Waals surface area contributed by atoms with Gasteiger partial charge in [0.15, 0.2) is 11.6 Å². The fraction of sp³-hybridized carbons (Fsp3) is 0.810. The lowest BCUT2D eigenvalue weighted by molar-refractivity contribution is -0.182. The van der Waals surface area contributed by atoms with E-state index in [1.807, 2.05) is 6.92 Å². The van der Waals surface area contributed by atoms with Crippen molar-refractivity contribution in [1.82, 2.24) is 0 Å². The van der Waals surface area contributed by atoms with Gasteiger partial charge < -0.3 is 15.3 Å². The molecule has 0 heterocycles. The van der Waals surface area contributed by atoms with Crippen LogP contribution < -0.4 is 0 Å². The molecule has 144 valence electrons. The van der Waals surface area contributed by atoms with Crippen LogP contribution in [0, 0.1) is 28.6 Å². The molecule has 0 saturated heterocycles. The van der Waals surface area contributed by atoms with Gasteiger partial charge in [0.05, 0.1) is 6.10 Å². The molecule has 0 radical (unpaired) electrons. The van der Waals surface area contributed by atoms with Gasteiger partial charge in [0.2, 0.25) is 0 Å². The lowest BCUT2D eigenvalue weighted by atomic mass is 9.45. The Kier molecular flexibility index (Phi) is 4.04. The molecule has 4 aliphatic rings. The molecule has 0 spiro atoms. The number of carbonyl (C=O) groups excluding carboxylic acids is 2. The van der Waals surface area contributed by atoms with E-state index in [0.29, 0.717) is 19.3 Å². The van der Waals surface area contributed by atoms with Crippen molar-refractivity contribution in [3.63, 3.8) is 0 Å². The Labute approximate surface area is 154 Å². The SMILES string of the molecule is C[C@]12CCC(=O)C=C1CC[C@H]1[C@@H]2C(O)C[C@@]2(C)[C@H]1CC[C@]2(O)C(=O)CO. The highest BCUT2D eigenvalue weighted by Gasteiger charge is 2.68. The number of aliphatic hydroxyl groups excluding tert-OH is 2. The molecule has 0 amide bonds. The summed E-state index contributed by atoms with van der Waals surface area (Å²) >= 11 is 0. The van der Waals surface area contributed by atoms with Gasteiger partial charge in [-0.1, -0.05) is 19.4 Å². The van der Waals surface area contributed by atoms with E-state index in [0.717, 1.165) is 25.7 Å². The van der Waals surface area contributed by atoms with Crippen LogP contribution in [0.1, 0.15) is 58.8 Å². The predicted molar refractivity (Wildman–Crippen MR) is 95.1 cm³/mol. The van der Waals surface area contributed by atoms with Crippen molar-refractivity contribution >= 4 is 11.6 Å². The van der Waals surface area contributed by atoms with Gasteiger partial charge in [-0.3, -0.25) is 9.59 Å². The summed E-state index contributed by atoms with van der Waals surface area (Å²) in [5.74, 6) is 0.140. The van der Waals surface area contributed by atoms with Crippen LogP contribution in [0.15, 0.2) is 11.6 Å². The minimum Gasteiger partial charge on any atom is -0.393 e. The molecule has 5 heteroatoms. The standard InChI is InChI=1S/C21H30O5/c1-19-7-5-13(23)9-12(19)3-4-14-15-6-8-21(26,17(25)11-22)20(15,2)10-16(24)18(14)19/h9,14-16,18,22,24,26H,3-8,10-11H2,1-2H3/t14-,15+,16?,18-,19+,20+,21+/m1/s1. The van der Waals surface area contributed by atoms with E-state index in [-0.39, 0.29) is 29.0 Å². The van der Waals surface area contributed by atoms with Crippen LogP contribution in [0.25, 0.3) is 0 Å². The van der Waals surface area contributed by atoms with Crippen LogP contribution in [0.5, 0.6) is 0 Å². The molecule has 0 aromatic rings. The van der Waals surface area contributed by atoms with Crippen LogP contribution >= 0.6 is 0 Å². The number of allylic oxidation sites excluding steroid dienone is 1. The topological polar surface area (TPSA) is 94.8 Å². The maximum atomic E-state index is 12.4. The molecule has 26 heavy (non-hydrogen) atoms. The average Bonchev–Trinajstić information content (AvgIpc) is 2.86. The average molecular weight is 362 g/mol. The molecule has 0 bridgehead atoms. The summed E-state index contributed by atoms with van der Waals surface area (Å²) in [6.45, 7) is 3.46. The van der Waals surface area contributed by atoms with Crippen LogP contribution in [0.2, 0.25) is 0 Å². The highest BCUT2D eigenvalue weighted by Crippen LogP contribution is 2.67. The number of carbonyl (C=O) groups is 2. The number of Topliss-reactive ketones (excluding diaryl/α,β-unsaturated/α-hetero) is 1. The molecule has 5 nitrogen and oxygen atoms in total. The van der Waals surface area contributed by atoms with E-state index < -0.39 is 29.5 Å². The van der Waals surface area contributed by atoms with Crippen molar-refractivity contribution in [2.45, 2.75) is 70.5 Å². The molecule has 3 fully saturated rings. The van der Waals surface area contributed by atoms with Gasteiger partial charge in [-0.25, -0.2) is 0 Å². The third kappa shape index (κ3) is 2.14. The van der Waals surface area contributed by atoms with Gasteiger partial charge in [-0.2, -0.15) is 0 Å².